The SMILES string of the molecule is COc1ccc(CCNC(=O)c2ccccc2NS(=O)(=O)c2ccccc2OC(F)(F)F)cc1. The first-order chi connectivity index (χ1) is 16.1. The number of para-hydroxylation sites is 2. The maximum Gasteiger partial charge on any atom is 0.573 e. The minimum atomic E-state index is -5.08. The summed E-state index contributed by atoms with van der Waals surface area (Å²) >= 11 is 0. The zero-order valence-electron chi connectivity index (χ0n) is 17.9. The number of anilines is 1. The van der Waals surface area contributed by atoms with E-state index in [1.165, 1.54) is 36.4 Å². The molecule has 0 saturated carbocycles. The molecule has 0 saturated heterocycles. The summed E-state index contributed by atoms with van der Waals surface area (Å²) in [5.74, 6) is -0.730. The van der Waals surface area contributed by atoms with Gasteiger partial charge in [0.15, 0.2) is 0 Å². The van der Waals surface area contributed by atoms with E-state index in [9.17, 15) is 26.4 Å². The molecule has 0 aliphatic carbocycles. The number of halogens is 3. The Labute approximate surface area is 194 Å². The van der Waals surface area contributed by atoms with E-state index in [1.807, 2.05) is 12.1 Å². The molecule has 0 bridgehead atoms. The van der Waals surface area contributed by atoms with Crippen LogP contribution < -0.4 is 19.5 Å². The summed E-state index contributed by atoms with van der Waals surface area (Å²) in [6.45, 7) is 0.272. The van der Waals surface area contributed by atoms with Crippen molar-refractivity contribution in [2.45, 2.75) is 17.7 Å². The van der Waals surface area contributed by atoms with Gasteiger partial charge < -0.3 is 14.8 Å². The van der Waals surface area contributed by atoms with Gasteiger partial charge in [-0.05, 0) is 48.4 Å². The second-order valence-corrected chi connectivity index (χ2v) is 8.65. The Kier molecular flexibility index (Phi) is 7.67. The predicted octanol–water partition coefficient (Wildman–Crippen LogP) is 4.37. The number of alkyl halides is 3. The van der Waals surface area contributed by atoms with Crippen molar-refractivity contribution in [2.75, 3.05) is 18.4 Å². The van der Waals surface area contributed by atoms with Crippen LogP contribution in [0.2, 0.25) is 0 Å². The van der Waals surface area contributed by atoms with Crippen molar-refractivity contribution in [3.63, 3.8) is 0 Å². The van der Waals surface area contributed by atoms with Gasteiger partial charge >= 0.3 is 6.36 Å². The van der Waals surface area contributed by atoms with Crippen molar-refractivity contribution in [3.05, 3.63) is 83.9 Å². The van der Waals surface area contributed by atoms with Crippen LogP contribution >= 0.6 is 0 Å². The number of ether oxygens (including phenoxy) is 2. The molecule has 1 amide bonds. The standard InChI is InChI=1S/C23H21F3N2O5S/c1-32-17-12-10-16(11-13-17)14-15-27-22(29)18-6-2-3-7-19(18)28-34(30,31)21-9-5-4-8-20(21)33-23(24,25)26/h2-13,28H,14-15H2,1H3,(H,27,29). The largest absolute Gasteiger partial charge is 0.573 e. The van der Waals surface area contributed by atoms with Gasteiger partial charge in [-0.3, -0.25) is 9.52 Å². The van der Waals surface area contributed by atoms with Gasteiger partial charge in [-0.25, -0.2) is 8.42 Å². The fourth-order valence-corrected chi connectivity index (χ4v) is 4.27. The van der Waals surface area contributed by atoms with Crippen molar-refractivity contribution in [3.8, 4) is 11.5 Å². The quantitative estimate of drug-likeness (QED) is 0.461. The van der Waals surface area contributed by atoms with Gasteiger partial charge in [-0.1, -0.05) is 36.4 Å². The van der Waals surface area contributed by atoms with Gasteiger partial charge in [0.2, 0.25) is 0 Å². The summed E-state index contributed by atoms with van der Waals surface area (Å²) in [6, 6.07) is 17.4. The molecular formula is C23H21F3N2O5S. The minimum absolute atomic E-state index is 0.00928. The van der Waals surface area contributed by atoms with Crippen LogP contribution in [0.5, 0.6) is 11.5 Å². The molecule has 0 atom stereocenters. The number of methoxy groups -OCH3 is 1. The molecule has 3 aromatic carbocycles. The molecule has 3 aromatic rings. The van der Waals surface area contributed by atoms with E-state index in [0.29, 0.717) is 12.2 Å². The summed E-state index contributed by atoms with van der Waals surface area (Å²) in [5.41, 5.74) is 0.873. The maximum atomic E-state index is 12.8. The Balaban J connectivity index is 1.74. The van der Waals surface area contributed by atoms with Crippen molar-refractivity contribution < 1.29 is 35.9 Å². The van der Waals surface area contributed by atoms with E-state index in [0.717, 1.165) is 17.7 Å². The van der Waals surface area contributed by atoms with Gasteiger partial charge in [0.25, 0.3) is 15.9 Å². The number of amides is 1. The molecule has 0 aliphatic heterocycles. The molecule has 0 spiro atoms. The number of carbonyl (C=O) groups is 1. The first kappa shape index (κ1) is 24.9. The molecule has 11 heteroatoms. The fraction of sp³-hybridized carbons (Fsp3) is 0.174. The van der Waals surface area contributed by atoms with E-state index in [4.69, 9.17) is 4.74 Å². The molecule has 2 N–H and O–H groups in total. The summed E-state index contributed by atoms with van der Waals surface area (Å²) in [5, 5.41) is 2.71. The van der Waals surface area contributed by atoms with Gasteiger partial charge in [-0.15, -0.1) is 13.2 Å². The van der Waals surface area contributed by atoms with E-state index < -0.39 is 32.9 Å². The smallest absolute Gasteiger partial charge is 0.497 e. The van der Waals surface area contributed by atoms with Crippen LogP contribution in [0.1, 0.15) is 15.9 Å². The molecule has 0 unspecified atom stereocenters. The highest BCUT2D eigenvalue weighted by Gasteiger charge is 2.34. The summed E-state index contributed by atoms with van der Waals surface area (Å²) in [4.78, 5) is 12.0. The minimum Gasteiger partial charge on any atom is -0.497 e. The summed E-state index contributed by atoms with van der Waals surface area (Å²) < 4.78 is 74.8. The van der Waals surface area contributed by atoms with Gasteiger partial charge in [0.05, 0.1) is 18.4 Å². The fourth-order valence-electron chi connectivity index (χ4n) is 3.06. The predicted molar refractivity (Wildman–Crippen MR) is 119 cm³/mol. The highest BCUT2D eigenvalue weighted by Crippen LogP contribution is 2.31. The average molecular weight is 494 g/mol. The normalized spacial score (nSPS) is 11.5. The highest BCUT2D eigenvalue weighted by molar-refractivity contribution is 7.92. The van der Waals surface area contributed by atoms with Gasteiger partial charge in [0.1, 0.15) is 16.4 Å². The number of hydrogen-bond donors (Lipinski definition) is 2. The molecule has 0 radical (unpaired) electrons. The Hall–Kier alpha value is -3.73. The zero-order chi connectivity index (χ0) is 24.8. The molecule has 0 aromatic heterocycles. The van der Waals surface area contributed by atoms with Crippen LogP contribution in [-0.2, 0) is 16.4 Å². The first-order valence-corrected chi connectivity index (χ1v) is 11.4. The third kappa shape index (κ3) is 6.64. The van der Waals surface area contributed by atoms with E-state index in [1.54, 1.807) is 19.2 Å². The van der Waals surface area contributed by atoms with Gasteiger partial charge in [0, 0.05) is 6.54 Å². The highest BCUT2D eigenvalue weighted by atomic mass is 32.2. The Bertz CT molecular complexity index is 1250. The third-order valence-electron chi connectivity index (χ3n) is 4.64. The number of rotatable bonds is 9. The molecule has 0 aliphatic rings. The molecule has 180 valence electrons. The van der Waals surface area contributed by atoms with Gasteiger partial charge in [-0.2, -0.15) is 0 Å². The summed E-state index contributed by atoms with van der Waals surface area (Å²) in [7, 11) is -2.95. The number of hydrogen-bond acceptors (Lipinski definition) is 5. The van der Waals surface area contributed by atoms with Crippen LogP contribution in [0.4, 0.5) is 18.9 Å². The lowest BCUT2D eigenvalue weighted by molar-refractivity contribution is -0.275. The average Bonchev–Trinajstić information content (AvgIpc) is 2.79. The van der Waals surface area contributed by atoms with Crippen LogP contribution in [0.15, 0.2) is 77.7 Å². The molecular weight excluding hydrogens is 473 g/mol. The van der Waals surface area contributed by atoms with Crippen molar-refractivity contribution in [1.29, 1.82) is 0 Å². The Morgan fingerprint density at radius 1 is 0.941 bits per heavy atom. The second-order valence-electron chi connectivity index (χ2n) is 7.00. The zero-order valence-corrected chi connectivity index (χ0v) is 18.7. The molecule has 34 heavy (non-hydrogen) atoms. The second kappa shape index (κ2) is 10.5. The third-order valence-corrected chi connectivity index (χ3v) is 6.04. The number of carbonyl (C=O) groups excluding carboxylic acids is 1. The van der Waals surface area contributed by atoms with Crippen molar-refractivity contribution in [1.82, 2.24) is 5.32 Å². The van der Waals surface area contributed by atoms with Crippen LogP contribution in [0.25, 0.3) is 0 Å². The number of nitrogens with one attached hydrogen (secondary N) is 2. The maximum absolute atomic E-state index is 12.8. The van der Waals surface area contributed by atoms with Crippen molar-refractivity contribution >= 4 is 21.6 Å². The molecule has 0 heterocycles. The lowest BCUT2D eigenvalue weighted by atomic mass is 10.1. The number of benzene rings is 3. The van der Waals surface area contributed by atoms with E-state index in [-0.39, 0.29) is 17.8 Å². The summed E-state index contributed by atoms with van der Waals surface area (Å²) in [6.07, 6.45) is -4.56. The first-order valence-electron chi connectivity index (χ1n) is 9.97. The van der Waals surface area contributed by atoms with Crippen LogP contribution in [-0.4, -0.2) is 34.3 Å². The molecule has 0 fully saturated rings. The molecule has 3 rings (SSSR count). The Morgan fingerprint density at radius 3 is 2.26 bits per heavy atom. The van der Waals surface area contributed by atoms with Crippen LogP contribution in [0.3, 0.4) is 0 Å². The monoisotopic (exact) mass is 494 g/mol. The Morgan fingerprint density at radius 2 is 1.59 bits per heavy atom. The van der Waals surface area contributed by atoms with Crippen molar-refractivity contribution in [2.24, 2.45) is 0 Å². The topological polar surface area (TPSA) is 93.7 Å². The van der Waals surface area contributed by atoms with E-state index in [2.05, 4.69) is 14.8 Å². The molecule has 7 nitrogen and oxygen atoms in total. The lowest BCUT2D eigenvalue weighted by Crippen LogP contribution is -2.27. The lowest BCUT2D eigenvalue weighted by Gasteiger charge is -2.16. The van der Waals surface area contributed by atoms with E-state index >= 15 is 0 Å². The number of sulfonamides is 1. The van der Waals surface area contributed by atoms with Crippen LogP contribution in [0, 0.1) is 0 Å².